The summed E-state index contributed by atoms with van der Waals surface area (Å²) in [6.45, 7) is 5.14. The summed E-state index contributed by atoms with van der Waals surface area (Å²) in [6, 6.07) is 2.00. The third-order valence-corrected chi connectivity index (χ3v) is 4.00. The molecule has 1 aliphatic rings. The quantitative estimate of drug-likeness (QED) is 0.747. The van der Waals surface area contributed by atoms with E-state index in [9.17, 15) is 9.59 Å². The molecule has 0 aromatic carbocycles. The Labute approximate surface area is 110 Å². The number of carbonyl (C=O) groups is 2. The summed E-state index contributed by atoms with van der Waals surface area (Å²) >= 11 is 1.59. The molecule has 0 atom stereocenters. The van der Waals surface area contributed by atoms with Crippen LogP contribution in [0.15, 0.2) is 11.4 Å². The van der Waals surface area contributed by atoms with Gasteiger partial charge in [-0.05, 0) is 23.9 Å². The highest BCUT2D eigenvalue weighted by molar-refractivity contribution is 7.10. The Morgan fingerprint density at radius 2 is 2.17 bits per heavy atom. The Morgan fingerprint density at radius 3 is 2.78 bits per heavy atom. The molecule has 1 aromatic rings. The van der Waals surface area contributed by atoms with E-state index in [2.05, 4.69) is 10.6 Å². The average molecular weight is 267 g/mol. The second-order valence-electron chi connectivity index (χ2n) is 4.25. The highest BCUT2D eigenvalue weighted by Crippen LogP contribution is 2.14. The van der Waals surface area contributed by atoms with Crippen LogP contribution in [-0.4, -0.2) is 42.9 Å². The number of rotatable bonds is 2. The van der Waals surface area contributed by atoms with Gasteiger partial charge < -0.3 is 15.5 Å². The standard InChI is InChI=1S/C12H17N3O2S/c1-9-2-7-18-10(9)8-14-11(16)12(17)15-5-3-13-4-6-15/h2,7,13H,3-6,8H2,1H3,(H,14,16). The van der Waals surface area contributed by atoms with Gasteiger partial charge in [-0.15, -0.1) is 11.3 Å². The van der Waals surface area contributed by atoms with E-state index >= 15 is 0 Å². The molecule has 0 aliphatic carbocycles. The molecule has 5 nitrogen and oxygen atoms in total. The van der Waals surface area contributed by atoms with Crippen LogP contribution in [0, 0.1) is 6.92 Å². The molecule has 6 heteroatoms. The average Bonchev–Trinajstić information content (AvgIpc) is 2.81. The Hall–Kier alpha value is -1.40. The zero-order chi connectivity index (χ0) is 13.0. The lowest BCUT2D eigenvalue weighted by atomic mass is 10.3. The van der Waals surface area contributed by atoms with Gasteiger partial charge in [-0.25, -0.2) is 0 Å². The van der Waals surface area contributed by atoms with E-state index in [1.165, 1.54) is 0 Å². The van der Waals surface area contributed by atoms with Crippen LogP contribution in [0.3, 0.4) is 0 Å². The summed E-state index contributed by atoms with van der Waals surface area (Å²) in [4.78, 5) is 26.2. The van der Waals surface area contributed by atoms with E-state index in [1.807, 2.05) is 18.4 Å². The molecule has 98 valence electrons. The predicted molar refractivity (Wildman–Crippen MR) is 70.4 cm³/mol. The minimum atomic E-state index is -0.510. The number of thiophene rings is 1. The fraction of sp³-hybridized carbons (Fsp3) is 0.500. The summed E-state index contributed by atoms with van der Waals surface area (Å²) < 4.78 is 0. The molecular weight excluding hydrogens is 250 g/mol. The Kier molecular flexibility index (Phi) is 4.33. The maximum atomic E-state index is 11.8. The van der Waals surface area contributed by atoms with Crippen molar-refractivity contribution in [2.75, 3.05) is 26.2 Å². The molecule has 0 saturated carbocycles. The highest BCUT2D eigenvalue weighted by atomic mass is 32.1. The summed E-state index contributed by atoms with van der Waals surface area (Å²) in [7, 11) is 0. The lowest BCUT2D eigenvalue weighted by molar-refractivity contribution is -0.146. The van der Waals surface area contributed by atoms with Crippen molar-refractivity contribution in [2.24, 2.45) is 0 Å². The summed E-state index contributed by atoms with van der Waals surface area (Å²) in [5.74, 6) is -0.935. The topological polar surface area (TPSA) is 61.4 Å². The smallest absolute Gasteiger partial charge is 0.311 e. The van der Waals surface area contributed by atoms with Gasteiger partial charge in [0.25, 0.3) is 0 Å². The van der Waals surface area contributed by atoms with Crippen molar-refractivity contribution in [3.05, 3.63) is 21.9 Å². The van der Waals surface area contributed by atoms with Crippen molar-refractivity contribution in [1.82, 2.24) is 15.5 Å². The molecule has 1 saturated heterocycles. The van der Waals surface area contributed by atoms with Gasteiger partial charge in [0.15, 0.2) is 0 Å². The first-order chi connectivity index (χ1) is 8.68. The second-order valence-corrected chi connectivity index (χ2v) is 5.25. The van der Waals surface area contributed by atoms with E-state index < -0.39 is 11.8 Å². The third-order valence-electron chi connectivity index (χ3n) is 2.98. The van der Waals surface area contributed by atoms with E-state index in [4.69, 9.17) is 0 Å². The molecule has 2 N–H and O–H groups in total. The van der Waals surface area contributed by atoms with E-state index in [-0.39, 0.29) is 0 Å². The lowest BCUT2D eigenvalue weighted by Gasteiger charge is -2.26. The number of carbonyl (C=O) groups excluding carboxylic acids is 2. The third kappa shape index (κ3) is 3.08. The van der Waals surface area contributed by atoms with E-state index in [1.54, 1.807) is 16.2 Å². The maximum absolute atomic E-state index is 11.8. The van der Waals surface area contributed by atoms with Crippen LogP contribution in [0.2, 0.25) is 0 Å². The number of nitrogens with zero attached hydrogens (tertiary/aromatic N) is 1. The van der Waals surface area contributed by atoms with Gasteiger partial charge in [0.2, 0.25) is 0 Å². The van der Waals surface area contributed by atoms with Gasteiger partial charge in [0.05, 0.1) is 6.54 Å². The fourth-order valence-corrected chi connectivity index (χ4v) is 2.68. The van der Waals surface area contributed by atoms with Gasteiger partial charge in [0.1, 0.15) is 0 Å². The zero-order valence-corrected chi connectivity index (χ0v) is 11.2. The molecule has 2 rings (SSSR count). The van der Waals surface area contributed by atoms with Crippen molar-refractivity contribution in [1.29, 1.82) is 0 Å². The first-order valence-corrected chi connectivity index (χ1v) is 6.87. The largest absolute Gasteiger partial charge is 0.343 e. The van der Waals surface area contributed by atoms with E-state index in [0.717, 1.165) is 23.5 Å². The van der Waals surface area contributed by atoms with Crippen LogP contribution in [0.1, 0.15) is 10.4 Å². The fourth-order valence-electron chi connectivity index (χ4n) is 1.83. The summed E-state index contributed by atoms with van der Waals surface area (Å²) in [5.41, 5.74) is 1.15. The van der Waals surface area contributed by atoms with Crippen LogP contribution in [-0.2, 0) is 16.1 Å². The Bertz CT molecular complexity index is 438. The summed E-state index contributed by atoms with van der Waals surface area (Å²) in [6.07, 6.45) is 0. The molecule has 0 unspecified atom stereocenters. The van der Waals surface area contributed by atoms with Crippen LogP contribution in [0.5, 0.6) is 0 Å². The van der Waals surface area contributed by atoms with Gasteiger partial charge in [-0.1, -0.05) is 0 Å². The van der Waals surface area contributed by atoms with Crippen LogP contribution in [0.4, 0.5) is 0 Å². The van der Waals surface area contributed by atoms with Gasteiger partial charge in [-0.3, -0.25) is 9.59 Å². The Morgan fingerprint density at radius 1 is 1.44 bits per heavy atom. The maximum Gasteiger partial charge on any atom is 0.311 e. The molecule has 0 spiro atoms. The normalized spacial score (nSPS) is 15.5. The first-order valence-electron chi connectivity index (χ1n) is 5.99. The SMILES string of the molecule is Cc1ccsc1CNC(=O)C(=O)N1CCNCC1. The molecule has 1 aliphatic heterocycles. The van der Waals surface area contributed by atoms with Crippen molar-refractivity contribution in [3.8, 4) is 0 Å². The number of hydrogen-bond acceptors (Lipinski definition) is 4. The van der Waals surface area contributed by atoms with Crippen molar-refractivity contribution < 1.29 is 9.59 Å². The molecule has 2 amide bonds. The minimum Gasteiger partial charge on any atom is -0.343 e. The molecule has 1 fully saturated rings. The first kappa shape index (κ1) is 13.0. The lowest BCUT2D eigenvalue weighted by Crippen LogP contribution is -2.51. The van der Waals surface area contributed by atoms with Gasteiger partial charge >= 0.3 is 11.8 Å². The zero-order valence-electron chi connectivity index (χ0n) is 10.4. The highest BCUT2D eigenvalue weighted by Gasteiger charge is 2.22. The Balaban J connectivity index is 1.84. The molecule has 0 radical (unpaired) electrons. The van der Waals surface area contributed by atoms with Crippen LogP contribution >= 0.6 is 11.3 Å². The summed E-state index contributed by atoms with van der Waals surface area (Å²) in [5, 5.41) is 7.81. The predicted octanol–water partition coefficient (Wildman–Crippen LogP) is 0.105. The number of amides is 2. The van der Waals surface area contributed by atoms with Crippen LogP contribution < -0.4 is 10.6 Å². The second kappa shape index (κ2) is 5.97. The number of piperazine rings is 1. The van der Waals surface area contributed by atoms with Crippen molar-refractivity contribution >= 4 is 23.2 Å². The number of hydrogen-bond donors (Lipinski definition) is 2. The van der Waals surface area contributed by atoms with Crippen molar-refractivity contribution in [2.45, 2.75) is 13.5 Å². The minimum absolute atomic E-state index is 0.425. The monoisotopic (exact) mass is 267 g/mol. The number of nitrogens with one attached hydrogen (secondary N) is 2. The number of aryl methyl sites for hydroxylation is 1. The van der Waals surface area contributed by atoms with Gasteiger partial charge in [0, 0.05) is 31.1 Å². The molecule has 18 heavy (non-hydrogen) atoms. The molecule has 2 heterocycles. The molecule has 1 aromatic heterocycles. The van der Waals surface area contributed by atoms with Gasteiger partial charge in [-0.2, -0.15) is 0 Å². The molecular formula is C12H17N3O2S. The van der Waals surface area contributed by atoms with Crippen LogP contribution in [0.25, 0.3) is 0 Å². The molecule has 0 bridgehead atoms. The van der Waals surface area contributed by atoms with Crippen molar-refractivity contribution in [3.63, 3.8) is 0 Å². The van der Waals surface area contributed by atoms with E-state index in [0.29, 0.717) is 19.6 Å².